The Morgan fingerprint density at radius 2 is 1.97 bits per heavy atom. The summed E-state index contributed by atoms with van der Waals surface area (Å²) < 4.78 is 30.9. The molecule has 0 N–H and O–H groups in total. The molecular formula is C24H32F2N8O. The van der Waals surface area contributed by atoms with E-state index in [9.17, 15) is 13.6 Å². The van der Waals surface area contributed by atoms with Crippen LogP contribution in [0.3, 0.4) is 0 Å². The Morgan fingerprint density at radius 3 is 2.63 bits per heavy atom. The second kappa shape index (κ2) is 10.2. The van der Waals surface area contributed by atoms with Gasteiger partial charge in [0.1, 0.15) is 12.1 Å². The first-order valence-electron chi connectivity index (χ1n) is 12.0. The predicted octanol–water partition coefficient (Wildman–Crippen LogP) is 3.16. The molecule has 3 atom stereocenters. The molecule has 4 heterocycles. The third-order valence-corrected chi connectivity index (χ3v) is 7.17. The first-order chi connectivity index (χ1) is 16.8. The Morgan fingerprint density at radius 1 is 1.23 bits per heavy atom. The minimum absolute atomic E-state index is 0.0871. The summed E-state index contributed by atoms with van der Waals surface area (Å²) in [5.41, 5.74) is 2.82. The zero-order valence-corrected chi connectivity index (χ0v) is 20.6. The van der Waals surface area contributed by atoms with Crippen molar-refractivity contribution in [1.82, 2.24) is 28.8 Å². The van der Waals surface area contributed by atoms with E-state index in [1.54, 1.807) is 39.3 Å². The molecule has 1 aliphatic rings. The van der Waals surface area contributed by atoms with Crippen LogP contribution < -0.4 is 10.5 Å². The van der Waals surface area contributed by atoms with Crippen LogP contribution in [-0.4, -0.2) is 60.4 Å². The first kappa shape index (κ1) is 24.9. The van der Waals surface area contributed by atoms with Gasteiger partial charge < -0.3 is 14.0 Å². The number of pyridine rings is 1. The summed E-state index contributed by atoms with van der Waals surface area (Å²) in [6.45, 7) is 7.40. The van der Waals surface area contributed by atoms with E-state index in [0.717, 1.165) is 24.2 Å². The number of hydrogen-bond donors (Lipinski definition) is 0. The van der Waals surface area contributed by atoms with Gasteiger partial charge in [-0.25, -0.2) is 13.8 Å². The number of aryl methyl sites for hydroxylation is 1. The van der Waals surface area contributed by atoms with Gasteiger partial charge in [0.15, 0.2) is 0 Å². The molecule has 0 bridgehead atoms. The standard InChI is InChI=1S/C24H32F2N8O/c1-5-17-12-34(19-9-23(35)30(4)21-13-32(8-7-27)29-24(19)21)18(6-2)11-33(17)16(3)20-10-28-15-31(20)14-22(25)26/h9-10,13,15-18,22H,5-6,8,11-12,14H2,1-4H3/t16?,17-,18+/m1/s1. The number of aromatic nitrogens is 5. The van der Waals surface area contributed by atoms with Crippen molar-refractivity contribution in [3.05, 3.63) is 40.8 Å². The van der Waals surface area contributed by atoms with Crippen LogP contribution in [0.4, 0.5) is 14.5 Å². The highest BCUT2D eigenvalue weighted by atomic mass is 19.3. The number of nitriles is 1. The van der Waals surface area contributed by atoms with Crippen LogP contribution in [0.2, 0.25) is 0 Å². The summed E-state index contributed by atoms with van der Waals surface area (Å²) in [7, 11) is 1.71. The van der Waals surface area contributed by atoms with Crippen molar-refractivity contribution in [1.29, 1.82) is 5.26 Å². The van der Waals surface area contributed by atoms with Crippen LogP contribution in [0.15, 0.2) is 29.6 Å². The van der Waals surface area contributed by atoms with E-state index in [4.69, 9.17) is 5.26 Å². The Balaban J connectivity index is 1.70. The molecule has 0 spiro atoms. The molecule has 1 aliphatic heterocycles. The molecule has 188 valence electrons. The first-order valence-corrected chi connectivity index (χ1v) is 12.0. The second-order valence-electron chi connectivity index (χ2n) is 9.16. The van der Waals surface area contributed by atoms with Crippen molar-refractivity contribution in [2.24, 2.45) is 7.05 Å². The SMILES string of the molecule is CC[C@H]1CN(C(C)c2cncn2CC(F)F)[C@H](CC)CN1c1cc(=O)n(C)c2cn(CC#N)nc12. The van der Waals surface area contributed by atoms with E-state index in [1.807, 2.05) is 6.92 Å². The van der Waals surface area contributed by atoms with Crippen LogP contribution in [0.25, 0.3) is 11.0 Å². The molecule has 9 nitrogen and oxygen atoms in total. The minimum Gasteiger partial charge on any atom is -0.364 e. The Bertz CT molecular complexity index is 1270. The van der Waals surface area contributed by atoms with Gasteiger partial charge in [-0.1, -0.05) is 13.8 Å². The van der Waals surface area contributed by atoms with Gasteiger partial charge in [0.05, 0.1) is 42.0 Å². The van der Waals surface area contributed by atoms with Gasteiger partial charge in [0, 0.05) is 50.5 Å². The van der Waals surface area contributed by atoms with Crippen LogP contribution in [0, 0.1) is 11.3 Å². The topological polar surface area (TPSA) is 87.9 Å². The monoisotopic (exact) mass is 486 g/mol. The van der Waals surface area contributed by atoms with E-state index in [0.29, 0.717) is 24.1 Å². The summed E-state index contributed by atoms with van der Waals surface area (Å²) in [5, 5.41) is 13.7. The lowest BCUT2D eigenvalue weighted by atomic mass is 9.98. The number of hydrogen-bond acceptors (Lipinski definition) is 6. The molecule has 0 amide bonds. The maximum absolute atomic E-state index is 13.1. The molecular weight excluding hydrogens is 454 g/mol. The van der Waals surface area contributed by atoms with E-state index in [-0.39, 0.29) is 36.8 Å². The molecule has 1 saturated heterocycles. The van der Waals surface area contributed by atoms with Gasteiger partial charge in [0.2, 0.25) is 0 Å². The number of nitrogens with zero attached hydrogens (tertiary/aromatic N) is 8. The number of anilines is 1. The fourth-order valence-corrected chi connectivity index (χ4v) is 5.22. The zero-order chi connectivity index (χ0) is 25.3. The molecule has 0 aliphatic carbocycles. The van der Waals surface area contributed by atoms with Gasteiger partial charge in [-0.2, -0.15) is 10.4 Å². The quantitative estimate of drug-likeness (QED) is 0.486. The second-order valence-corrected chi connectivity index (χ2v) is 9.16. The van der Waals surface area contributed by atoms with Gasteiger partial charge in [-0.3, -0.25) is 14.4 Å². The predicted molar refractivity (Wildman–Crippen MR) is 129 cm³/mol. The van der Waals surface area contributed by atoms with Gasteiger partial charge >= 0.3 is 0 Å². The van der Waals surface area contributed by atoms with Gasteiger partial charge in [-0.05, 0) is 19.8 Å². The zero-order valence-electron chi connectivity index (χ0n) is 20.6. The summed E-state index contributed by atoms with van der Waals surface area (Å²) in [4.78, 5) is 21.6. The van der Waals surface area contributed by atoms with Crippen LogP contribution in [-0.2, 0) is 20.1 Å². The number of halogens is 2. The highest BCUT2D eigenvalue weighted by molar-refractivity contribution is 5.88. The number of fused-ring (bicyclic) bond motifs is 1. The van der Waals surface area contributed by atoms with Crippen molar-refractivity contribution in [2.45, 2.75) is 71.3 Å². The summed E-state index contributed by atoms with van der Waals surface area (Å²) in [6.07, 6.45) is 4.15. The van der Waals surface area contributed by atoms with E-state index < -0.39 is 6.43 Å². The molecule has 0 aromatic carbocycles. The molecule has 1 unspecified atom stereocenters. The number of imidazole rings is 1. The molecule has 3 aromatic rings. The summed E-state index contributed by atoms with van der Waals surface area (Å²) in [6, 6.07) is 3.89. The molecule has 3 aromatic heterocycles. The normalized spacial score (nSPS) is 20.0. The smallest absolute Gasteiger partial charge is 0.256 e. The van der Waals surface area contributed by atoms with Gasteiger partial charge in [-0.15, -0.1) is 0 Å². The third-order valence-electron chi connectivity index (χ3n) is 7.17. The van der Waals surface area contributed by atoms with Crippen molar-refractivity contribution in [3.63, 3.8) is 0 Å². The highest BCUT2D eigenvalue weighted by Crippen LogP contribution is 2.34. The lowest BCUT2D eigenvalue weighted by Gasteiger charge is -2.49. The van der Waals surface area contributed by atoms with Crippen LogP contribution in [0.5, 0.6) is 0 Å². The molecule has 0 radical (unpaired) electrons. The lowest BCUT2D eigenvalue weighted by molar-refractivity contribution is 0.0908. The maximum atomic E-state index is 13.1. The van der Waals surface area contributed by atoms with E-state index in [2.05, 4.69) is 39.8 Å². The number of alkyl halides is 2. The summed E-state index contributed by atoms with van der Waals surface area (Å²) in [5.74, 6) is 0. The fraction of sp³-hybridized carbons (Fsp3) is 0.583. The molecule has 1 fully saturated rings. The van der Waals surface area contributed by atoms with Crippen molar-refractivity contribution < 1.29 is 8.78 Å². The third kappa shape index (κ3) is 4.67. The average molecular weight is 487 g/mol. The minimum atomic E-state index is -2.44. The van der Waals surface area contributed by atoms with Crippen LogP contribution >= 0.6 is 0 Å². The Labute approximate surface area is 203 Å². The largest absolute Gasteiger partial charge is 0.364 e. The molecule has 35 heavy (non-hydrogen) atoms. The van der Waals surface area contributed by atoms with Crippen molar-refractivity contribution >= 4 is 16.7 Å². The molecule has 0 saturated carbocycles. The van der Waals surface area contributed by atoms with Gasteiger partial charge in [0.25, 0.3) is 12.0 Å². The summed E-state index contributed by atoms with van der Waals surface area (Å²) >= 11 is 0. The van der Waals surface area contributed by atoms with Crippen LogP contribution in [0.1, 0.15) is 45.3 Å². The van der Waals surface area contributed by atoms with E-state index >= 15 is 0 Å². The maximum Gasteiger partial charge on any atom is 0.256 e. The molecule has 4 rings (SSSR count). The van der Waals surface area contributed by atoms with Crippen molar-refractivity contribution in [3.8, 4) is 6.07 Å². The average Bonchev–Trinajstić information content (AvgIpc) is 3.47. The highest BCUT2D eigenvalue weighted by Gasteiger charge is 2.37. The Kier molecular flexibility index (Phi) is 7.21. The Hall–Kier alpha value is -3.26. The van der Waals surface area contributed by atoms with Crippen molar-refractivity contribution in [2.75, 3.05) is 18.0 Å². The van der Waals surface area contributed by atoms with E-state index in [1.165, 1.54) is 6.33 Å². The number of rotatable bonds is 8. The number of piperazine rings is 1. The lowest BCUT2D eigenvalue weighted by Crippen LogP contribution is -2.59. The molecule has 11 heteroatoms. The fourth-order valence-electron chi connectivity index (χ4n) is 5.22.